The van der Waals surface area contributed by atoms with Crippen molar-refractivity contribution in [1.29, 1.82) is 0 Å². The number of fused-ring (bicyclic) bond motifs is 1. The molecule has 2 nitrogen and oxygen atoms in total. The fourth-order valence-corrected chi connectivity index (χ4v) is 4.41. The molecule has 0 radical (unpaired) electrons. The number of aliphatic hydroxyl groups is 1. The van der Waals surface area contributed by atoms with E-state index in [1.54, 1.807) is 6.20 Å². The van der Waals surface area contributed by atoms with Crippen LogP contribution in [0.3, 0.4) is 0 Å². The van der Waals surface area contributed by atoms with Gasteiger partial charge in [0.25, 0.3) is 0 Å². The molecule has 2 heterocycles. The van der Waals surface area contributed by atoms with E-state index in [2.05, 4.69) is 31.0 Å². The summed E-state index contributed by atoms with van der Waals surface area (Å²) in [5.41, 5.74) is 1.16. The Hall–Kier alpha value is -1.06. The first-order chi connectivity index (χ1) is 9.03. The number of pyridine rings is 1. The fraction of sp³-hybridized carbons (Fsp3) is 0.438. The van der Waals surface area contributed by atoms with Crippen LogP contribution in [-0.4, -0.2) is 21.6 Å². The van der Waals surface area contributed by atoms with Crippen LogP contribution in [0, 0.1) is 5.41 Å². The smallest absolute Gasteiger partial charge is 0.104 e. The monoisotopic (exact) mass is 273 g/mol. The molecule has 0 aliphatic carbocycles. The molecule has 2 aromatic rings. The molecule has 0 saturated carbocycles. The van der Waals surface area contributed by atoms with Crippen LogP contribution in [-0.2, 0) is 5.60 Å². The Morgan fingerprint density at radius 2 is 2.11 bits per heavy atom. The average Bonchev–Trinajstić information content (AvgIpc) is 2.41. The van der Waals surface area contributed by atoms with Gasteiger partial charge in [-0.05, 0) is 41.4 Å². The van der Waals surface area contributed by atoms with Crippen LogP contribution in [0.1, 0.15) is 25.8 Å². The summed E-state index contributed by atoms with van der Waals surface area (Å²) in [5, 5.41) is 12.3. The SMILES string of the molecule is CC1(C)CCSCC1(O)c1ccc2ncccc2c1. The van der Waals surface area contributed by atoms with Crippen LogP contribution in [0.25, 0.3) is 10.9 Å². The Morgan fingerprint density at radius 1 is 1.26 bits per heavy atom. The minimum absolute atomic E-state index is 0.0892. The molecule has 0 bridgehead atoms. The summed E-state index contributed by atoms with van der Waals surface area (Å²) >= 11 is 1.84. The van der Waals surface area contributed by atoms with Crippen molar-refractivity contribution in [3.8, 4) is 0 Å². The van der Waals surface area contributed by atoms with Crippen molar-refractivity contribution in [3.63, 3.8) is 0 Å². The zero-order valence-electron chi connectivity index (χ0n) is 11.4. The van der Waals surface area contributed by atoms with Gasteiger partial charge in [-0.15, -0.1) is 0 Å². The number of aromatic nitrogens is 1. The van der Waals surface area contributed by atoms with Crippen LogP contribution < -0.4 is 0 Å². The Bertz CT molecular complexity index is 610. The summed E-state index contributed by atoms with van der Waals surface area (Å²) < 4.78 is 0. The first kappa shape index (κ1) is 12.9. The van der Waals surface area contributed by atoms with E-state index in [0.29, 0.717) is 0 Å². The third kappa shape index (κ3) is 2.05. The van der Waals surface area contributed by atoms with E-state index in [1.165, 1.54) is 0 Å². The van der Waals surface area contributed by atoms with E-state index < -0.39 is 5.60 Å². The molecule has 1 aromatic heterocycles. The molecule has 1 fully saturated rings. The second kappa shape index (κ2) is 4.50. The number of hydrogen-bond acceptors (Lipinski definition) is 3. The molecule has 1 aliphatic heterocycles. The average molecular weight is 273 g/mol. The molecule has 19 heavy (non-hydrogen) atoms. The lowest BCUT2D eigenvalue weighted by atomic mass is 9.70. The van der Waals surface area contributed by atoms with Gasteiger partial charge < -0.3 is 5.11 Å². The van der Waals surface area contributed by atoms with Gasteiger partial charge in [0.15, 0.2) is 0 Å². The van der Waals surface area contributed by atoms with Crippen LogP contribution in [0.15, 0.2) is 36.5 Å². The topological polar surface area (TPSA) is 33.1 Å². The van der Waals surface area contributed by atoms with Gasteiger partial charge in [0.05, 0.1) is 5.52 Å². The Kier molecular flexibility index (Phi) is 3.06. The van der Waals surface area contributed by atoms with Crippen molar-refractivity contribution in [3.05, 3.63) is 42.1 Å². The quantitative estimate of drug-likeness (QED) is 0.862. The summed E-state index contributed by atoms with van der Waals surface area (Å²) in [5.74, 6) is 1.90. The summed E-state index contributed by atoms with van der Waals surface area (Å²) in [4.78, 5) is 4.34. The normalized spacial score (nSPS) is 26.5. The van der Waals surface area contributed by atoms with E-state index in [4.69, 9.17) is 0 Å². The lowest BCUT2D eigenvalue weighted by Crippen LogP contribution is -2.47. The van der Waals surface area contributed by atoms with Crippen molar-refractivity contribution in [2.45, 2.75) is 25.9 Å². The minimum Gasteiger partial charge on any atom is -0.384 e. The van der Waals surface area contributed by atoms with Crippen molar-refractivity contribution in [1.82, 2.24) is 4.98 Å². The van der Waals surface area contributed by atoms with Crippen molar-refractivity contribution < 1.29 is 5.11 Å². The maximum Gasteiger partial charge on any atom is 0.104 e. The Balaban J connectivity index is 2.12. The zero-order valence-corrected chi connectivity index (χ0v) is 12.2. The molecular weight excluding hydrogens is 254 g/mol. The second-order valence-electron chi connectivity index (χ2n) is 5.96. The van der Waals surface area contributed by atoms with Crippen LogP contribution in [0.2, 0.25) is 0 Å². The van der Waals surface area contributed by atoms with Gasteiger partial charge in [-0.2, -0.15) is 11.8 Å². The maximum absolute atomic E-state index is 11.2. The molecule has 1 saturated heterocycles. The van der Waals surface area contributed by atoms with Crippen molar-refractivity contribution >= 4 is 22.7 Å². The summed E-state index contributed by atoms with van der Waals surface area (Å²) in [6.07, 6.45) is 2.84. The first-order valence-electron chi connectivity index (χ1n) is 6.68. The summed E-state index contributed by atoms with van der Waals surface area (Å²) in [6.45, 7) is 4.33. The molecule has 0 amide bonds. The summed E-state index contributed by atoms with van der Waals surface area (Å²) in [7, 11) is 0. The fourth-order valence-electron chi connectivity index (χ4n) is 2.76. The number of thioether (sulfide) groups is 1. The van der Waals surface area contributed by atoms with E-state index in [9.17, 15) is 5.11 Å². The number of nitrogens with zero attached hydrogens (tertiary/aromatic N) is 1. The molecule has 1 N–H and O–H groups in total. The number of hydrogen-bond donors (Lipinski definition) is 1. The van der Waals surface area contributed by atoms with Crippen molar-refractivity contribution in [2.24, 2.45) is 5.41 Å². The van der Waals surface area contributed by atoms with E-state index in [0.717, 1.165) is 34.4 Å². The molecular formula is C16H19NOS. The van der Waals surface area contributed by atoms with Gasteiger partial charge in [-0.3, -0.25) is 4.98 Å². The number of benzene rings is 1. The molecule has 3 heteroatoms. The van der Waals surface area contributed by atoms with Gasteiger partial charge >= 0.3 is 0 Å². The second-order valence-corrected chi connectivity index (χ2v) is 7.06. The predicted molar refractivity (Wildman–Crippen MR) is 81.4 cm³/mol. The van der Waals surface area contributed by atoms with E-state index in [-0.39, 0.29) is 5.41 Å². The maximum atomic E-state index is 11.2. The first-order valence-corrected chi connectivity index (χ1v) is 7.84. The van der Waals surface area contributed by atoms with Gasteiger partial charge in [0, 0.05) is 17.3 Å². The van der Waals surface area contributed by atoms with Gasteiger partial charge in [-0.1, -0.05) is 26.0 Å². The molecule has 1 aromatic carbocycles. The van der Waals surface area contributed by atoms with E-state index in [1.807, 2.05) is 30.0 Å². The standard InChI is InChI=1S/C16H19NOS/c1-15(2)7-9-19-11-16(15,18)13-5-6-14-12(10-13)4-3-8-17-14/h3-6,8,10,18H,7,9,11H2,1-2H3. The van der Waals surface area contributed by atoms with Gasteiger partial charge in [-0.25, -0.2) is 0 Å². The molecule has 1 atom stereocenters. The largest absolute Gasteiger partial charge is 0.384 e. The van der Waals surface area contributed by atoms with E-state index >= 15 is 0 Å². The number of rotatable bonds is 1. The highest BCUT2D eigenvalue weighted by molar-refractivity contribution is 7.99. The van der Waals surface area contributed by atoms with Crippen LogP contribution >= 0.6 is 11.8 Å². The summed E-state index contributed by atoms with van der Waals surface area (Å²) in [6, 6.07) is 10.1. The third-order valence-electron chi connectivity index (χ3n) is 4.38. The van der Waals surface area contributed by atoms with Crippen LogP contribution in [0.5, 0.6) is 0 Å². The third-order valence-corrected chi connectivity index (χ3v) is 5.50. The lowest BCUT2D eigenvalue weighted by molar-refractivity contribution is -0.0577. The highest BCUT2D eigenvalue weighted by atomic mass is 32.2. The Morgan fingerprint density at radius 3 is 2.89 bits per heavy atom. The highest BCUT2D eigenvalue weighted by Gasteiger charge is 2.46. The van der Waals surface area contributed by atoms with Gasteiger partial charge in [0.1, 0.15) is 5.60 Å². The zero-order chi connectivity index (χ0) is 13.5. The van der Waals surface area contributed by atoms with Gasteiger partial charge in [0.2, 0.25) is 0 Å². The minimum atomic E-state index is -0.750. The molecule has 100 valence electrons. The van der Waals surface area contributed by atoms with Crippen molar-refractivity contribution in [2.75, 3.05) is 11.5 Å². The molecule has 3 rings (SSSR count). The highest BCUT2D eigenvalue weighted by Crippen LogP contribution is 2.48. The van der Waals surface area contributed by atoms with Crippen LogP contribution in [0.4, 0.5) is 0 Å². The molecule has 0 spiro atoms. The Labute approximate surface area is 118 Å². The molecule has 1 aliphatic rings. The predicted octanol–water partition coefficient (Wildman–Crippen LogP) is 3.59. The lowest BCUT2D eigenvalue weighted by Gasteiger charge is -2.46. The molecule has 1 unspecified atom stereocenters.